The topological polar surface area (TPSA) is 3.01 Å². The number of anilines is 1. The molecule has 1 saturated heterocycles. The minimum atomic E-state index is 0.836. The molecule has 1 heteroatoms. The zero-order valence-electron chi connectivity index (χ0n) is 12.5. The molecule has 106 valence electrons. The van der Waals surface area contributed by atoms with E-state index < -0.39 is 0 Å². The Hall–Kier alpha value is -0.980. The van der Waals surface area contributed by atoms with Crippen molar-refractivity contribution in [3.63, 3.8) is 0 Å². The smallest absolute Gasteiger partial charge is 0.0466 e. The van der Waals surface area contributed by atoms with Gasteiger partial charge >= 0.3 is 0 Å². The van der Waals surface area contributed by atoms with Crippen LogP contribution in [0.3, 0.4) is 0 Å². The number of rotatable bonds is 10. The van der Waals surface area contributed by atoms with E-state index in [-0.39, 0.29) is 0 Å². The maximum atomic E-state index is 2.53. The van der Waals surface area contributed by atoms with Crippen LogP contribution >= 0.6 is 0 Å². The van der Waals surface area contributed by atoms with Crippen LogP contribution in [0, 0.1) is 0 Å². The van der Waals surface area contributed by atoms with Crippen molar-refractivity contribution in [1.82, 2.24) is 0 Å². The number of hydrogen-bond donors (Lipinski definition) is 0. The molecule has 1 unspecified atom stereocenters. The van der Waals surface area contributed by atoms with Gasteiger partial charge in [-0.05, 0) is 18.6 Å². The van der Waals surface area contributed by atoms with Gasteiger partial charge in [-0.1, -0.05) is 76.5 Å². The van der Waals surface area contributed by atoms with Crippen LogP contribution in [0.2, 0.25) is 0 Å². The summed E-state index contributed by atoms with van der Waals surface area (Å²) in [6.07, 6.45) is 12.8. The van der Waals surface area contributed by atoms with Crippen LogP contribution < -0.4 is 4.90 Å². The highest BCUT2D eigenvalue weighted by molar-refractivity contribution is 5.53. The van der Waals surface area contributed by atoms with E-state index in [0.717, 1.165) is 6.04 Å². The van der Waals surface area contributed by atoms with E-state index in [4.69, 9.17) is 0 Å². The SMILES string of the molecule is CCCCCCCCCCC1CN1c1ccccc1. The Labute approximate surface area is 119 Å². The van der Waals surface area contributed by atoms with Crippen molar-refractivity contribution >= 4 is 5.69 Å². The Kier molecular flexibility index (Phi) is 6.26. The Morgan fingerprint density at radius 1 is 0.895 bits per heavy atom. The normalized spacial score (nSPS) is 17.7. The van der Waals surface area contributed by atoms with E-state index in [1.165, 1.54) is 70.0 Å². The van der Waals surface area contributed by atoms with Crippen molar-refractivity contribution in [2.45, 2.75) is 70.8 Å². The molecule has 1 aliphatic heterocycles. The second-order valence-corrected chi connectivity index (χ2v) is 5.91. The monoisotopic (exact) mass is 259 g/mol. The molecule has 1 aromatic rings. The van der Waals surface area contributed by atoms with Gasteiger partial charge in [-0.25, -0.2) is 0 Å². The van der Waals surface area contributed by atoms with Crippen LogP contribution in [0.4, 0.5) is 5.69 Å². The zero-order valence-corrected chi connectivity index (χ0v) is 12.5. The Morgan fingerprint density at radius 2 is 1.53 bits per heavy atom. The van der Waals surface area contributed by atoms with Crippen LogP contribution in [-0.4, -0.2) is 12.6 Å². The fraction of sp³-hybridized carbons (Fsp3) is 0.667. The van der Waals surface area contributed by atoms with E-state index in [0.29, 0.717) is 0 Å². The second kappa shape index (κ2) is 8.24. The van der Waals surface area contributed by atoms with Crippen molar-refractivity contribution in [2.75, 3.05) is 11.4 Å². The minimum absolute atomic E-state index is 0.836. The molecule has 1 aromatic carbocycles. The average Bonchev–Trinajstić information content (AvgIpc) is 3.22. The molecular formula is C18H29N. The first-order valence-corrected chi connectivity index (χ1v) is 8.23. The predicted molar refractivity (Wildman–Crippen MR) is 84.8 cm³/mol. The lowest BCUT2D eigenvalue weighted by atomic mass is 10.1. The van der Waals surface area contributed by atoms with E-state index in [2.05, 4.69) is 42.2 Å². The first kappa shape index (κ1) is 14.4. The van der Waals surface area contributed by atoms with Crippen LogP contribution in [0.25, 0.3) is 0 Å². The summed E-state index contributed by atoms with van der Waals surface area (Å²) < 4.78 is 0. The third kappa shape index (κ3) is 5.26. The molecule has 1 aliphatic rings. The van der Waals surface area contributed by atoms with Crippen LogP contribution in [0.15, 0.2) is 30.3 Å². The highest BCUT2D eigenvalue weighted by atomic mass is 15.3. The van der Waals surface area contributed by atoms with E-state index >= 15 is 0 Å². The molecule has 1 atom stereocenters. The lowest BCUT2D eigenvalue weighted by Crippen LogP contribution is -1.98. The summed E-state index contributed by atoms with van der Waals surface area (Å²) in [6, 6.07) is 11.7. The molecule has 2 rings (SSSR count). The van der Waals surface area contributed by atoms with Crippen molar-refractivity contribution in [3.8, 4) is 0 Å². The molecule has 19 heavy (non-hydrogen) atoms. The van der Waals surface area contributed by atoms with Crippen molar-refractivity contribution in [3.05, 3.63) is 30.3 Å². The minimum Gasteiger partial charge on any atom is -0.365 e. The number of benzene rings is 1. The van der Waals surface area contributed by atoms with Gasteiger partial charge in [0.15, 0.2) is 0 Å². The number of para-hydroxylation sites is 1. The van der Waals surface area contributed by atoms with Crippen LogP contribution in [0.5, 0.6) is 0 Å². The summed E-state index contributed by atoms with van der Waals surface area (Å²) >= 11 is 0. The van der Waals surface area contributed by atoms with Gasteiger partial charge in [0.25, 0.3) is 0 Å². The standard InChI is InChI=1S/C18H29N/c1-2-3-4-5-6-7-8-10-15-18-16-19(18)17-13-11-9-12-14-17/h9,11-14,18H,2-8,10,15-16H2,1H3. The van der Waals surface area contributed by atoms with Gasteiger partial charge in [-0.3, -0.25) is 0 Å². The molecule has 1 fully saturated rings. The first-order valence-electron chi connectivity index (χ1n) is 8.23. The van der Waals surface area contributed by atoms with Gasteiger partial charge in [0.2, 0.25) is 0 Å². The molecule has 0 bridgehead atoms. The summed E-state index contributed by atoms with van der Waals surface area (Å²) in [7, 11) is 0. The molecule has 1 heterocycles. The lowest BCUT2D eigenvalue weighted by Gasteiger charge is -2.05. The quantitative estimate of drug-likeness (QED) is 0.401. The maximum absolute atomic E-state index is 2.53. The van der Waals surface area contributed by atoms with Crippen molar-refractivity contribution < 1.29 is 0 Å². The third-order valence-corrected chi connectivity index (χ3v) is 4.19. The zero-order chi connectivity index (χ0) is 13.3. The molecule has 0 spiro atoms. The Morgan fingerprint density at radius 3 is 2.21 bits per heavy atom. The Balaban J connectivity index is 1.45. The predicted octanol–water partition coefficient (Wildman–Crippen LogP) is 5.41. The lowest BCUT2D eigenvalue weighted by molar-refractivity contribution is 0.565. The number of hydrogen-bond acceptors (Lipinski definition) is 1. The van der Waals surface area contributed by atoms with Gasteiger partial charge in [0, 0.05) is 18.3 Å². The Bertz CT molecular complexity index is 333. The fourth-order valence-corrected chi connectivity index (χ4v) is 2.88. The molecule has 0 aromatic heterocycles. The molecule has 0 radical (unpaired) electrons. The largest absolute Gasteiger partial charge is 0.365 e. The number of nitrogens with zero attached hydrogens (tertiary/aromatic N) is 1. The van der Waals surface area contributed by atoms with Crippen LogP contribution in [-0.2, 0) is 0 Å². The van der Waals surface area contributed by atoms with Gasteiger partial charge in [-0.15, -0.1) is 0 Å². The summed E-state index contributed by atoms with van der Waals surface area (Å²) in [4.78, 5) is 2.53. The average molecular weight is 259 g/mol. The molecule has 0 saturated carbocycles. The summed E-state index contributed by atoms with van der Waals surface area (Å²) in [6.45, 7) is 3.56. The molecule has 0 amide bonds. The van der Waals surface area contributed by atoms with Crippen molar-refractivity contribution in [2.24, 2.45) is 0 Å². The molecular weight excluding hydrogens is 230 g/mol. The third-order valence-electron chi connectivity index (χ3n) is 4.19. The highest BCUT2D eigenvalue weighted by Gasteiger charge is 2.32. The van der Waals surface area contributed by atoms with Gasteiger partial charge in [0.05, 0.1) is 0 Å². The van der Waals surface area contributed by atoms with Gasteiger partial charge in [0.1, 0.15) is 0 Å². The molecule has 1 nitrogen and oxygen atoms in total. The van der Waals surface area contributed by atoms with Gasteiger partial charge in [-0.2, -0.15) is 0 Å². The second-order valence-electron chi connectivity index (χ2n) is 5.91. The van der Waals surface area contributed by atoms with Crippen LogP contribution in [0.1, 0.15) is 64.7 Å². The summed E-state index contributed by atoms with van der Waals surface area (Å²) in [5.74, 6) is 0. The number of unbranched alkanes of at least 4 members (excludes halogenated alkanes) is 7. The molecule has 0 N–H and O–H groups in total. The fourth-order valence-electron chi connectivity index (χ4n) is 2.88. The molecule has 0 aliphatic carbocycles. The highest BCUT2D eigenvalue weighted by Crippen LogP contribution is 2.30. The van der Waals surface area contributed by atoms with E-state index in [9.17, 15) is 0 Å². The van der Waals surface area contributed by atoms with E-state index in [1.54, 1.807) is 0 Å². The van der Waals surface area contributed by atoms with Gasteiger partial charge < -0.3 is 4.90 Å². The first-order chi connectivity index (χ1) is 9.42. The summed E-state index contributed by atoms with van der Waals surface area (Å²) in [5.41, 5.74) is 1.41. The van der Waals surface area contributed by atoms with E-state index in [1.807, 2.05) is 0 Å². The maximum Gasteiger partial charge on any atom is 0.0466 e. The van der Waals surface area contributed by atoms with Crippen molar-refractivity contribution in [1.29, 1.82) is 0 Å². The summed E-state index contributed by atoms with van der Waals surface area (Å²) in [5, 5.41) is 0.